The van der Waals surface area contributed by atoms with Crippen LogP contribution in [-0.2, 0) is 27.8 Å². The van der Waals surface area contributed by atoms with E-state index in [1.54, 1.807) is 51.3 Å². The summed E-state index contributed by atoms with van der Waals surface area (Å²) in [4.78, 5) is 32.8. The Morgan fingerprint density at radius 3 is 2.20 bits per heavy atom. The van der Waals surface area contributed by atoms with Crippen LogP contribution in [0.15, 0.2) is 101 Å². The molecule has 0 saturated heterocycles. The van der Waals surface area contributed by atoms with E-state index >= 15 is 0 Å². The number of aliphatic hydroxyl groups is 1. The van der Waals surface area contributed by atoms with Gasteiger partial charge in [0.25, 0.3) is 0 Å². The van der Waals surface area contributed by atoms with Gasteiger partial charge >= 0.3 is 5.69 Å². The minimum atomic E-state index is -4.05. The number of aromatic nitrogens is 3. The summed E-state index contributed by atoms with van der Waals surface area (Å²) >= 11 is 0. The van der Waals surface area contributed by atoms with Crippen molar-refractivity contribution in [1.82, 2.24) is 23.7 Å². The maximum Gasteiger partial charge on any atom is 0.332 e. The van der Waals surface area contributed by atoms with Crippen LogP contribution in [0.4, 0.5) is 0 Å². The van der Waals surface area contributed by atoms with Crippen LogP contribution in [0.2, 0.25) is 0 Å². The number of carbonyl (C=O) groups is 1. The lowest BCUT2D eigenvalue weighted by molar-refractivity contribution is -0.127. The highest BCUT2D eigenvalue weighted by Crippen LogP contribution is 2.25. The Kier molecular flexibility index (Phi) is 12.8. The van der Waals surface area contributed by atoms with E-state index in [1.165, 1.54) is 34.3 Å². The summed E-state index contributed by atoms with van der Waals surface area (Å²) in [5.41, 5.74) is 1.40. The molecule has 3 aromatic carbocycles. The number of hydrogen-bond donors (Lipinski definition) is 3. The SMILES string of the molecule is COc1ccc(S(=O)(=O)N(CC(C)C)C[C@@H](O)[C@H](Cc2ccccc2)NC(=O)[C@H](C(C)C)n2cc(O)n(Cc3ccc4cc(OC)ccc4n3)c2=O)cc1. The normalized spacial score (nSPS) is 13.7. The highest BCUT2D eigenvalue weighted by Gasteiger charge is 2.34. The van der Waals surface area contributed by atoms with Crippen molar-refractivity contribution >= 4 is 26.8 Å². The number of nitrogens with one attached hydrogen (secondary N) is 1. The van der Waals surface area contributed by atoms with Crippen LogP contribution >= 0.6 is 0 Å². The smallest absolute Gasteiger partial charge is 0.332 e. The molecule has 2 aromatic heterocycles. The quantitative estimate of drug-likeness (QED) is 0.123. The molecule has 2 heterocycles. The molecule has 288 valence electrons. The van der Waals surface area contributed by atoms with Crippen molar-refractivity contribution in [3.8, 4) is 17.4 Å². The molecule has 3 atom stereocenters. The van der Waals surface area contributed by atoms with Gasteiger partial charge < -0.3 is 25.0 Å². The minimum absolute atomic E-state index is 0.0440. The van der Waals surface area contributed by atoms with Gasteiger partial charge in [-0.05, 0) is 72.4 Å². The molecule has 3 N–H and O–H groups in total. The van der Waals surface area contributed by atoms with Crippen molar-refractivity contribution in [3.05, 3.63) is 113 Å². The number of nitrogens with zero attached hydrogens (tertiary/aromatic N) is 4. The number of benzene rings is 3. The molecule has 14 heteroatoms. The Bertz CT molecular complexity index is 2200. The van der Waals surface area contributed by atoms with Crippen molar-refractivity contribution < 1.29 is 32.9 Å². The zero-order valence-corrected chi connectivity index (χ0v) is 32.2. The number of pyridine rings is 1. The standard InChI is InChI=1S/C40H49N5O8S/c1-26(2)22-43(54(50,51)33-17-14-31(52-5)15-18-33)24-36(46)35(20-28-10-8-7-9-11-28)42-39(48)38(27(3)4)45-25-37(47)44(40(45)49)23-30-13-12-29-21-32(53-6)16-19-34(29)41-30/h7-19,21,25-27,35-36,38,46-47H,20,22-24H2,1-6H3,(H,42,48)/t35-,36+,38-/m0/s1. The predicted octanol–water partition coefficient (Wildman–Crippen LogP) is 4.60. The minimum Gasteiger partial charge on any atom is -0.497 e. The average Bonchev–Trinajstić information content (AvgIpc) is 3.41. The van der Waals surface area contributed by atoms with E-state index < -0.39 is 45.7 Å². The first-order valence-corrected chi connectivity index (χ1v) is 19.3. The Hall–Kier alpha value is -5.18. The summed E-state index contributed by atoms with van der Waals surface area (Å²) < 4.78 is 41.8. The lowest BCUT2D eigenvalue weighted by atomic mass is 9.98. The summed E-state index contributed by atoms with van der Waals surface area (Å²) in [5.74, 6) is -0.224. The number of carbonyl (C=O) groups excluding carboxylic acids is 1. The molecule has 0 aliphatic rings. The average molecular weight is 760 g/mol. The molecule has 1 amide bonds. The van der Waals surface area contributed by atoms with Crippen LogP contribution < -0.4 is 20.5 Å². The van der Waals surface area contributed by atoms with Gasteiger partial charge in [-0.2, -0.15) is 4.31 Å². The molecule has 5 rings (SSSR count). The van der Waals surface area contributed by atoms with E-state index in [9.17, 15) is 28.2 Å². The third kappa shape index (κ3) is 9.30. The summed E-state index contributed by atoms with van der Waals surface area (Å²) in [6, 6.07) is 22.3. The summed E-state index contributed by atoms with van der Waals surface area (Å²) in [6.45, 7) is 7.08. The van der Waals surface area contributed by atoms with Gasteiger partial charge in [0, 0.05) is 18.5 Å². The first-order valence-electron chi connectivity index (χ1n) is 17.8. The van der Waals surface area contributed by atoms with Gasteiger partial charge in [-0.3, -0.25) is 18.9 Å². The number of aliphatic hydroxyl groups excluding tert-OH is 1. The van der Waals surface area contributed by atoms with Crippen molar-refractivity contribution in [3.63, 3.8) is 0 Å². The van der Waals surface area contributed by atoms with Gasteiger partial charge in [-0.25, -0.2) is 13.2 Å². The molecule has 5 aromatic rings. The molecular weight excluding hydrogens is 711 g/mol. The first kappa shape index (κ1) is 40.0. The van der Waals surface area contributed by atoms with Gasteiger partial charge in [0.2, 0.25) is 21.8 Å². The van der Waals surface area contributed by atoms with Crippen molar-refractivity contribution in [2.45, 2.75) is 63.7 Å². The van der Waals surface area contributed by atoms with Gasteiger partial charge in [-0.1, -0.05) is 64.1 Å². The van der Waals surface area contributed by atoms with E-state index in [0.717, 1.165) is 15.5 Å². The number of sulfonamides is 1. The second-order valence-corrected chi connectivity index (χ2v) is 16.0. The fraction of sp³-hybridized carbons (Fsp3) is 0.375. The number of imidazole rings is 1. The lowest BCUT2D eigenvalue weighted by Gasteiger charge is -2.32. The Balaban J connectivity index is 1.42. The second-order valence-electron chi connectivity index (χ2n) is 14.1. The number of amides is 1. The molecule has 0 radical (unpaired) electrons. The summed E-state index contributed by atoms with van der Waals surface area (Å²) in [7, 11) is -0.980. The van der Waals surface area contributed by atoms with E-state index in [1.807, 2.05) is 56.3 Å². The van der Waals surface area contributed by atoms with Gasteiger partial charge in [0.1, 0.15) is 17.5 Å². The van der Waals surface area contributed by atoms with Gasteiger partial charge in [-0.15, -0.1) is 0 Å². The lowest BCUT2D eigenvalue weighted by Crippen LogP contribution is -2.53. The third-order valence-electron chi connectivity index (χ3n) is 9.20. The molecule has 0 bridgehead atoms. The largest absolute Gasteiger partial charge is 0.497 e. The number of fused-ring (bicyclic) bond motifs is 1. The molecule has 0 unspecified atom stereocenters. The second kappa shape index (κ2) is 17.3. The molecule has 0 fully saturated rings. The third-order valence-corrected chi connectivity index (χ3v) is 11.0. The fourth-order valence-corrected chi connectivity index (χ4v) is 8.06. The molecule has 0 saturated carbocycles. The molecule has 13 nitrogen and oxygen atoms in total. The number of methoxy groups -OCH3 is 2. The van der Waals surface area contributed by atoms with Crippen LogP contribution in [0, 0.1) is 11.8 Å². The molecule has 0 spiro atoms. The van der Waals surface area contributed by atoms with Crippen molar-refractivity contribution in [2.24, 2.45) is 11.8 Å². The van der Waals surface area contributed by atoms with E-state index in [4.69, 9.17) is 9.47 Å². The number of rotatable bonds is 17. The highest BCUT2D eigenvalue weighted by molar-refractivity contribution is 7.89. The summed E-state index contributed by atoms with van der Waals surface area (Å²) in [5, 5.41) is 26.5. The first-order chi connectivity index (χ1) is 25.7. The zero-order chi connectivity index (χ0) is 39.2. The van der Waals surface area contributed by atoms with E-state index in [0.29, 0.717) is 22.7 Å². The van der Waals surface area contributed by atoms with E-state index in [2.05, 4.69) is 10.3 Å². The Morgan fingerprint density at radius 2 is 1.57 bits per heavy atom. The van der Waals surface area contributed by atoms with E-state index in [-0.39, 0.29) is 42.7 Å². The molecule has 54 heavy (non-hydrogen) atoms. The van der Waals surface area contributed by atoms with Crippen molar-refractivity contribution in [2.75, 3.05) is 27.3 Å². The maximum absolute atomic E-state index is 14.2. The van der Waals surface area contributed by atoms with Crippen LogP contribution in [0.25, 0.3) is 10.9 Å². The van der Waals surface area contributed by atoms with Gasteiger partial charge in [0.05, 0.1) is 55.2 Å². The van der Waals surface area contributed by atoms with Crippen LogP contribution in [0.5, 0.6) is 17.4 Å². The van der Waals surface area contributed by atoms with Gasteiger partial charge in [0.15, 0.2) is 0 Å². The highest BCUT2D eigenvalue weighted by atomic mass is 32.2. The topological polar surface area (TPSA) is 165 Å². The maximum atomic E-state index is 14.2. The Morgan fingerprint density at radius 1 is 0.907 bits per heavy atom. The monoisotopic (exact) mass is 759 g/mol. The number of hydrogen-bond acceptors (Lipinski definition) is 9. The Labute approximate surface area is 315 Å². The fourth-order valence-electron chi connectivity index (χ4n) is 6.44. The van der Waals surface area contributed by atoms with Crippen LogP contribution in [0.3, 0.4) is 0 Å². The molecule has 0 aliphatic heterocycles. The molecular formula is C40H49N5O8S. The summed E-state index contributed by atoms with van der Waals surface area (Å²) in [6.07, 6.45) is 0.0620. The number of aromatic hydroxyl groups is 1. The zero-order valence-electron chi connectivity index (χ0n) is 31.4. The molecule has 0 aliphatic carbocycles. The van der Waals surface area contributed by atoms with Crippen LogP contribution in [0.1, 0.15) is 45.0 Å². The number of ether oxygens (including phenoxy) is 2. The van der Waals surface area contributed by atoms with Crippen LogP contribution in [-0.4, -0.2) is 82.4 Å². The predicted molar refractivity (Wildman–Crippen MR) is 206 cm³/mol. The van der Waals surface area contributed by atoms with Crippen molar-refractivity contribution in [1.29, 1.82) is 0 Å².